The molecule has 0 heterocycles. The fraction of sp³-hybridized carbons (Fsp3) is 0.310. The molecule has 0 aliphatic rings. The van der Waals surface area contributed by atoms with Gasteiger partial charge in [-0.25, -0.2) is 8.42 Å². The first-order valence-electron chi connectivity index (χ1n) is 12.7. The molecule has 7 nitrogen and oxygen atoms in total. The summed E-state index contributed by atoms with van der Waals surface area (Å²) in [6.45, 7) is 5.42. The van der Waals surface area contributed by atoms with E-state index in [1.54, 1.807) is 61.5 Å². The lowest BCUT2D eigenvalue weighted by Crippen LogP contribution is -2.52. The van der Waals surface area contributed by atoms with E-state index in [2.05, 4.69) is 5.32 Å². The molecule has 0 fully saturated rings. The van der Waals surface area contributed by atoms with Crippen LogP contribution in [-0.4, -0.2) is 44.3 Å². The third-order valence-electron chi connectivity index (χ3n) is 6.23. The predicted octanol–water partition coefficient (Wildman–Crippen LogP) is 5.83. The number of hydrogen-bond donors (Lipinski definition) is 1. The normalized spacial score (nSPS) is 12.0. The molecule has 39 heavy (non-hydrogen) atoms. The first kappa shape index (κ1) is 30.5. The van der Waals surface area contributed by atoms with Crippen LogP contribution in [0.4, 0.5) is 5.69 Å². The lowest BCUT2D eigenvalue weighted by molar-refractivity contribution is -0.140. The molecule has 0 radical (unpaired) electrons. The third kappa shape index (κ3) is 7.53. The van der Waals surface area contributed by atoms with Gasteiger partial charge in [0.2, 0.25) is 11.8 Å². The summed E-state index contributed by atoms with van der Waals surface area (Å²) in [5.74, 6) is -0.894. The molecule has 0 spiro atoms. The SMILES string of the molecule is CCCNC(=O)[C@H](CC)N(Cc1c(Cl)cccc1Cl)C(=O)CN(c1cccc(C)c1)S(=O)(=O)c1ccccc1. The summed E-state index contributed by atoms with van der Waals surface area (Å²) >= 11 is 12.9. The Morgan fingerprint density at radius 3 is 2.15 bits per heavy atom. The smallest absolute Gasteiger partial charge is 0.264 e. The molecule has 3 aromatic rings. The number of rotatable bonds is 12. The Morgan fingerprint density at radius 1 is 0.923 bits per heavy atom. The number of nitrogens with zero attached hydrogens (tertiary/aromatic N) is 2. The molecule has 3 aromatic carbocycles. The maximum Gasteiger partial charge on any atom is 0.264 e. The second-order valence-electron chi connectivity index (χ2n) is 9.10. The van der Waals surface area contributed by atoms with Gasteiger partial charge in [-0.3, -0.25) is 13.9 Å². The van der Waals surface area contributed by atoms with Crippen molar-refractivity contribution in [3.8, 4) is 0 Å². The molecule has 0 saturated carbocycles. The van der Waals surface area contributed by atoms with Crippen LogP contribution in [-0.2, 0) is 26.2 Å². The van der Waals surface area contributed by atoms with Gasteiger partial charge in [-0.1, -0.05) is 73.4 Å². The second-order valence-corrected chi connectivity index (χ2v) is 11.8. The van der Waals surface area contributed by atoms with Crippen molar-refractivity contribution in [1.29, 1.82) is 0 Å². The van der Waals surface area contributed by atoms with Crippen molar-refractivity contribution in [3.63, 3.8) is 0 Å². The number of sulfonamides is 1. The molecule has 1 N–H and O–H groups in total. The van der Waals surface area contributed by atoms with Crippen LogP contribution in [0.15, 0.2) is 77.7 Å². The number of aryl methyl sites for hydroxylation is 1. The van der Waals surface area contributed by atoms with Crippen molar-refractivity contribution in [3.05, 3.63) is 94.0 Å². The van der Waals surface area contributed by atoms with Crippen LogP contribution in [0.25, 0.3) is 0 Å². The fourth-order valence-electron chi connectivity index (χ4n) is 4.17. The minimum atomic E-state index is -4.12. The fourth-order valence-corrected chi connectivity index (χ4v) is 6.11. The molecular weight excluding hydrogens is 557 g/mol. The second kappa shape index (κ2) is 13.8. The number of nitrogens with one attached hydrogen (secondary N) is 1. The highest BCUT2D eigenvalue weighted by molar-refractivity contribution is 7.92. The lowest BCUT2D eigenvalue weighted by Gasteiger charge is -2.33. The monoisotopic (exact) mass is 589 g/mol. The molecule has 0 saturated heterocycles. The Morgan fingerprint density at radius 2 is 1.56 bits per heavy atom. The highest BCUT2D eigenvalue weighted by Gasteiger charge is 2.34. The number of amides is 2. The van der Waals surface area contributed by atoms with Crippen molar-refractivity contribution in [2.75, 3.05) is 17.4 Å². The van der Waals surface area contributed by atoms with E-state index in [1.165, 1.54) is 17.0 Å². The van der Waals surface area contributed by atoms with Gasteiger partial charge in [0, 0.05) is 28.7 Å². The minimum absolute atomic E-state index is 0.0488. The van der Waals surface area contributed by atoms with E-state index in [0.29, 0.717) is 34.3 Å². The molecule has 10 heteroatoms. The number of hydrogen-bond acceptors (Lipinski definition) is 4. The molecular formula is C29H33Cl2N3O4S. The standard InChI is InChI=1S/C29H33Cl2N3O4S/c1-4-17-32-29(36)27(5-2)33(19-24-25(30)15-10-16-26(24)31)28(35)20-34(22-12-9-11-21(3)18-22)39(37,38)23-13-7-6-8-14-23/h6-16,18,27H,4-5,17,19-20H2,1-3H3,(H,32,36)/t27-/m0/s1. The van der Waals surface area contributed by atoms with Crippen LogP contribution in [0.3, 0.4) is 0 Å². The number of halogens is 2. The van der Waals surface area contributed by atoms with Crippen molar-refractivity contribution >= 4 is 50.7 Å². The van der Waals surface area contributed by atoms with Gasteiger partial charge in [0.15, 0.2) is 0 Å². The summed E-state index contributed by atoms with van der Waals surface area (Å²) < 4.78 is 28.7. The summed E-state index contributed by atoms with van der Waals surface area (Å²) in [7, 11) is -4.12. The quantitative estimate of drug-likeness (QED) is 0.288. The van der Waals surface area contributed by atoms with E-state index in [4.69, 9.17) is 23.2 Å². The van der Waals surface area contributed by atoms with Crippen molar-refractivity contribution in [2.24, 2.45) is 0 Å². The van der Waals surface area contributed by atoms with Gasteiger partial charge in [0.05, 0.1) is 10.6 Å². The summed E-state index contributed by atoms with van der Waals surface area (Å²) in [4.78, 5) is 28.6. The lowest BCUT2D eigenvalue weighted by atomic mass is 10.1. The Labute approximate surface area is 240 Å². The largest absolute Gasteiger partial charge is 0.354 e. The molecule has 1 atom stereocenters. The highest BCUT2D eigenvalue weighted by atomic mass is 35.5. The number of carbonyl (C=O) groups is 2. The molecule has 2 amide bonds. The number of benzene rings is 3. The van der Waals surface area contributed by atoms with Gasteiger partial charge in [-0.05, 0) is 61.7 Å². The summed E-state index contributed by atoms with van der Waals surface area (Å²) in [6.07, 6.45) is 1.03. The van der Waals surface area contributed by atoms with Crippen LogP contribution >= 0.6 is 23.2 Å². The molecule has 0 aliphatic heterocycles. The first-order valence-corrected chi connectivity index (χ1v) is 14.9. The Hall–Kier alpha value is -3.07. The van der Waals surface area contributed by atoms with E-state index in [1.807, 2.05) is 19.9 Å². The van der Waals surface area contributed by atoms with E-state index in [9.17, 15) is 18.0 Å². The van der Waals surface area contributed by atoms with Gasteiger partial charge in [-0.15, -0.1) is 0 Å². The molecule has 0 unspecified atom stereocenters. The van der Waals surface area contributed by atoms with Gasteiger partial charge in [0.25, 0.3) is 10.0 Å². The van der Waals surface area contributed by atoms with E-state index in [-0.39, 0.29) is 17.3 Å². The zero-order chi connectivity index (χ0) is 28.6. The first-order chi connectivity index (χ1) is 18.6. The Kier molecular flexibility index (Phi) is 10.8. The zero-order valence-corrected chi connectivity index (χ0v) is 24.6. The molecule has 3 rings (SSSR count). The predicted molar refractivity (Wildman–Crippen MR) is 157 cm³/mol. The molecule has 0 bridgehead atoms. The van der Waals surface area contributed by atoms with E-state index < -0.39 is 28.5 Å². The van der Waals surface area contributed by atoms with Gasteiger partial charge in [0.1, 0.15) is 12.6 Å². The topological polar surface area (TPSA) is 86.8 Å². The number of anilines is 1. The summed E-state index contributed by atoms with van der Waals surface area (Å²) in [6, 6.07) is 19.0. The van der Waals surface area contributed by atoms with Crippen LogP contribution < -0.4 is 9.62 Å². The van der Waals surface area contributed by atoms with Crippen LogP contribution in [0, 0.1) is 6.92 Å². The van der Waals surface area contributed by atoms with Gasteiger partial charge in [-0.2, -0.15) is 0 Å². The molecule has 0 aliphatic carbocycles. The Bertz CT molecular complexity index is 1380. The van der Waals surface area contributed by atoms with Crippen LogP contribution in [0.1, 0.15) is 37.8 Å². The van der Waals surface area contributed by atoms with Crippen molar-refractivity contribution < 1.29 is 18.0 Å². The molecule has 0 aromatic heterocycles. The van der Waals surface area contributed by atoms with Crippen molar-refractivity contribution in [2.45, 2.75) is 51.1 Å². The zero-order valence-electron chi connectivity index (χ0n) is 22.2. The summed E-state index contributed by atoms with van der Waals surface area (Å²) in [5, 5.41) is 3.54. The minimum Gasteiger partial charge on any atom is -0.354 e. The van der Waals surface area contributed by atoms with E-state index >= 15 is 0 Å². The highest BCUT2D eigenvalue weighted by Crippen LogP contribution is 2.29. The number of carbonyl (C=O) groups excluding carboxylic acids is 2. The van der Waals surface area contributed by atoms with Crippen LogP contribution in [0.2, 0.25) is 10.0 Å². The maximum atomic E-state index is 14.0. The third-order valence-corrected chi connectivity index (χ3v) is 8.72. The van der Waals surface area contributed by atoms with Gasteiger partial charge >= 0.3 is 0 Å². The van der Waals surface area contributed by atoms with Crippen LogP contribution in [0.5, 0.6) is 0 Å². The average Bonchev–Trinajstić information content (AvgIpc) is 2.92. The maximum absolute atomic E-state index is 14.0. The average molecular weight is 591 g/mol. The van der Waals surface area contributed by atoms with E-state index in [0.717, 1.165) is 16.3 Å². The molecule has 208 valence electrons. The Balaban J connectivity index is 2.08. The van der Waals surface area contributed by atoms with Crippen molar-refractivity contribution in [1.82, 2.24) is 10.2 Å². The van der Waals surface area contributed by atoms with Gasteiger partial charge < -0.3 is 10.2 Å². The summed E-state index contributed by atoms with van der Waals surface area (Å²) in [5.41, 5.74) is 1.65.